The van der Waals surface area contributed by atoms with E-state index in [9.17, 15) is 0 Å². The average Bonchev–Trinajstić information content (AvgIpc) is 1.96. The molecule has 0 saturated heterocycles. The van der Waals surface area contributed by atoms with Gasteiger partial charge in [0.15, 0.2) is 0 Å². The van der Waals surface area contributed by atoms with E-state index in [1.807, 2.05) is 13.8 Å². The Hall–Kier alpha value is -0.920. The molecule has 0 radical (unpaired) electrons. The van der Waals surface area contributed by atoms with Gasteiger partial charge in [0.1, 0.15) is 0 Å². The van der Waals surface area contributed by atoms with Crippen LogP contribution in [0, 0.1) is 0 Å². The zero-order chi connectivity index (χ0) is 6.24. The molecule has 0 aliphatic rings. The molecule has 1 aromatic rings. The van der Waals surface area contributed by atoms with Gasteiger partial charge in [-0.2, -0.15) is 0 Å². The molecule has 10 heavy (non-hydrogen) atoms. The van der Waals surface area contributed by atoms with Crippen LogP contribution in [0.15, 0.2) is 24.8 Å². The van der Waals surface area contributed by atoms with Gasteiger partial charge in [0.25, 0.3) is 0 Å². The van der Waals surface area contributed by atoms with Gasteiger partial charge in [-0.15, -0.1) is 0 Å². The van der Waals surface area contributed by atoms with Crippen molar-refractivity contribution in [1.82, 2.24) is 9.97 Å². The normalized spacial score (nSPS) is 5.40. The summed E-state index contributed by atoms with van der Waals surface area (Å²) in [6.45, 7) is 4.00. The third-order valence-corrected chi connectivity index (χ3v) is 0.478. The van der Waals surface area contributed by atoms with Crippen molar-refractivity contribution in [3.8, 4) is 0 Å². The molecule has 0 amide bonds. The summed E-state index contributed by atoms with van der Waals surface area (Å²) in [6.07, 6.45) is 6.56. The lowest BCUT2D eigenvalue weighted by Gasteiger charge is -1.70. The highest BCUT2D eigenvalue weighted by Gasteiger charge is 1.59. The predicted molar refractivity (Wildman–Crippen MR) is 46.8 cm³/mol. The van der Waals surface area contributed by atoms with Gasteiger partial charge >= 0.3 is 0 Å². The van der Waals surface area contributed by atoms with Gasteiger partial charge in [0.2, 0.25) is 0 Å². The third kappa shape index (κ3) is 10.1. The third-order valence-electron chi connectivity index (χ3n) is 0.478. The summed E-state index contributed by atoms with van der Waals surface area (Å²) in [7, 11) is 0. The molecule has 1 rings (SSSR count). The highest BCUT2D eigenvalue weighted by atomic mass is 14.7. The summed E-state index contributed by atoms with van der Waals surface area (Å²) in [4.78, 5) is 7.44. The van der Waals surface area contributed by atoms with Crippen molar-refractivity contribution in [2.45, 2.75) is 28.7 Å². The van der Waals surface area contributed by atoms with Gasteiger partial charge in [-0.25, -0.2) is 0 Å². The molecule has 0 saturated carbocycles. The molecule has 1 aromatic heterocycles. The Kier molecular flexibility index (Phi) is 25.2. The van der Waals surface area contributed by atoms with E-state index in [0.29, 0.717) is 0 Å². The second kappa shape index (κ2) is 15.7. The van der Waals surface area contributed by atoms with Crippen LogP contribution >= 0.6 is 0 Å². The number of aromatic nitrogens is 2. The first kappa shape index (κ1) is 16.0. The molecule has 1 heterocycles. The monoisotopic (exact) mass is 142 g/mol. The van der Waals surface area contributed by atoms with Crippen LogP contribution in [0.25, 0.3) is 0 Å². The smallest absolute Gasteiger partial charge is 0.0451 e. The van der Waals surface area contributed by atoms with E-state index in [0.717, 1.165) is 0 Å². The Labute approximate surface area is 64.3 Å². The first-order valence-corrected chi connectivity index (χ1v) is 2.70. The second-order valence-electron chi connectivity index (χ2n) is 0.894. The maximum absolute atomic E-state index is 3.72. The van der Waals surface area contributed by atoms with E-state index in [4.69, 9.17) is 0 Å². The lowest BCUT2D eigenvalue weighted by Crippen LogP contribution is -1.66. The van der Waals surface area contributed by atoms with Crippen molar-refractivity contribution in [1.29, 1.82) is 0 Å². The molecule has 0 aliphatic carbocycles. The van der Waals surface area contributed by atoms with Gasteiger partial charge in [0.05, 0.1) is 0 Å². The van der Waals surface area contributed by atoms with Crippen molar-refractivity contribution >= 4 is 0 Å². The first-order chi connectivity index (χ1) is 4.00. The van der Waals surface area contributed by atoms with Gasteiger partial charge in [0, 0.05) is 24.8 Å². The Morgan fingerprint density at radius 3 is 1.00 bits per heavy atom. The van der Waals surface area contributed by atoms with Crippen LogP contribution in [-0.2, 0) is 0 Å². The van der Waals surface area contributed by atoms with E-state index in [1.54, 1.807) is 24.8 Å². The van der Waals surface area contributed by atoms with Crippen molar-refractivity contribution in [2.24, 2.45) is 0 Å². The summed E-state index contributed by atoms with van der Waals surface area (Å²) in [5.74, 6) is 0. The van der Waals surface area contributed by atoms with Crippen LogP contribution in [0.1, 0.15) is 28.7 Å². The molecule has 0 N–H and O–H groups in total. The van der Waals surface area contributed by atoms with Crippen LogP contribution in [0.2, 0.25) is 0 Å². The first-order valence-electron chi connectivity index (χ1n) is 2.70. The molecule has 0 spiro atoms. The minimum absolute atomic E-state index is 0. The summed E-state index contributed by atoms with van der Waals surface area (Å²) in [5, 5.41) is 0. The fraction of sp³-hybridized carbons (Fsp3) is 0.500. The van der Waals surface area contributed by atoms with E-state index >= 15 is 0 Å². The van der Waals surface area contributed by atoms with Crippen LogP contribution in [0.4, 0.5) is 0 Å². The average molecular weight is 142 g/mol. The van der Waals surface area contributed by atoms with E-state index in [-0.39, 0.29) is 14.9 Å². The molecule has 0 atom stereocenters. The lowest BCUT2D eigenvalue weighted by atomic mass is 10.8. The molecule has 0 fully saturated rings. The maximum Gasteiger partial charge on any atom is 0.0451 e. The molecular weight excluding hydrogens is 124 g/mol. The molecule has 0 bridgehead atoms. The molecule has 2 heteroatoms. The summed E-state index contributed by atoms with van der Waals surface area (Å²) in [5.41, 5.74) is 0. The lowest BCUT2D eigenvalue weighted by molar-refractivity contribution is 1.20. The van der Waals surface area contributed by atoms with Gasteiger partial charge < -0.3 is 0 Å². The zero-order valence-electron chi connectivity index (χ0n) is 5.20. The SMILES string of the molecule is C.C.CC.c1cnccn1. The van der Waals surface area contributed by atoms with Crippen molar-refractivity contribution < 1.29 is 0 Å². The largest absolute Gasteiger partial charge is 0.262 e. The summed E-state index contributed by atoms with van der Waals surface area (Å²) < 4.78 is 0. The zero-order valence-corrected chi connectivity index (χ0v) is 5.20. The standard InChI is InChI=1S/C4H4N2.C2H6.2CH4/c1-2-6-4-3-5-1;1-2;;/h1-4H;1-2H3;2*1H4. The van der Waals surface area contributed by atoms with E-state index < -0.39 is 0 Å². The fourth-order valence-corrected chi connectivity index (χ4v) is 0.253. The number of rotatable bonds is 0. The van der Waals surface area contributed by atoms with Gasteiger partial charge in [-0.3, -0.25) is 9.97 Å². The molecular formula is C8H18N2. The Balaban J connectivity index is -0.000000114. The summed E-state index contributed by atoms with van der Waals surface area (Å²) in [6, 6.07) is 0. The molecule has 0 unspecified atom stereocenters. The molecule has 60 valence electrons. The number of nitrogens with zero attached hydrogens (tertiary/aromatic N) is 2. The van der Waals surface area contributed by atoms with E-state index in [1.165, 1.54) is 0 Å². The molecule has 0 aromatic carbocycles. The Morgan fingerprint density at radius 2 is 0.900 bits per heavy atom. The minimum atomic E-state index is 0. The fourth-order valence-electron chi connectivity index (χ4n) is 0.253. The predicted octanol–water partition coefficient (Wildman–Crippen LogP) is 2.78. The highest BCUT2D eigenvalue weighted by molar-refractivity contribution is 4.70. The quantitative estimate of drug-likeness (QED) is 0.556. The van der Waals surface area contributed by atoms with Crippen LogP contribution in [-0.4, -0.2) is 9.97 Å². The Morgan fingerprint density at radius 1 is 0.700 bits per heavy atom. The van der Waals surface area contributed by atoms with Crippen molar-refractivity contribution in [3.05, 3.63) is 24.8 Å². The molecule has 0 aliphatic heterocycles. The number of hydrogen-bond acceptors (Lipinski definition) is 2. The van der Waals surface area contributed by atoms with Crippen LogP contribution < -0.4 is 0 Å². The van der Waals surface area contributed by atoms with Crippen molar-refractivity contribution in [3.63, 3.8) is 0 Å². The highest BCUT2D eigenvalue weighted by Crippen LogP contribution is 1.65. The van der Waals surface area contributed by atoms with Crippen LogP contribution in [0.5, 0.6) is 0 Å². The van der Waals surface area contributed by atoms with E-state index in [2.05, 4.69) is 9.97 Å². The maximum atomic E-state index is 3.72. The second-order valence-corrected chi connectivity index (χ2v) is 0.894. The van der Waals surface area contributed by atoms with Crippen molar-refractivity contribution in [2.75, 3.05) is 0 Å². The van der Waals surface area contributed by atoms with Gasteiger partial charge in [-0.1, -0.05) is 28.7 Å². The minimum Gasteiger partial charge on any atom is -0.262 e. The molecule has 2 nitrogen and oxygen atoms in total. The van der Waals surface area contributed by atoms with Crippen LogP contribution in [0.3, 0.4) is 0 Å². The summed E-state index contributed by atoms with van der Waals surface area (Å²) >= 11 is 0. The topological polar surface area (TPSA) is 25.8 Å². The number of hydrogen-bond donors (Lipinski definition) is 0. The Bertz CT molecular complexity index is 79.2. The van der Waals surface area contributed by atoms with Gasteiger partial charge in [-0.05, 0) is 0 Å².